The molecule has 0 fully saturated rings. The van der Waals surface area contributed by atoms with Gasteiger partial charge in [0.05, 0.1) is 23.1 Å². The monoisotopic (exact) mass is 448 g/mol. The molecule has 0 saturated heterocycles. The van der Waals surface area contributed by atoms with Crippen LogP contribution in [0.15, 0.2) is 59.3 Å². The van der Waals surface area contributed by atoms with E-state index in [0.717, 1.165) is 32.5 Å². The number of aromatic nitrogens is 2. The minimum atomic E-state index is 0.267. The van der Waals surface area contributed by atoms with Gasteiger partial charge >= 0.3 is 0 Å². The lowest BCUT2D eigenvalue weighted by molar-refractivity contribution is 0.475. The van der Waals surface area contributed by atoms with Crippen LogP contribution in [0, 0.1) is 6.92 Å². The molecule has 0 bridgehead atoms. The van der Waals surface area contributed by atoms with Crippen molar-refractivity contribution in [2.75, 3.05) is 0 Å². The summed E-state index contributed by atoms with van der Waals surface area (Å²) in [5.41, 5.74) is 5.27. The second-order valence-electron chi connectivity index (χ2n) is 5.97. The highest BCUT2D eigenvalue weighted by atomic mass is 35.5. The molecular formula is C21H18Cl2N2OS2. The standard InChI is InChI=1S/C11H10ClNS.C10H8ClNOS/c1-8-2-4-9(5-3-8)11-13-10(6-12)7-14-11;11-5-8-6-14-10(12-8)7-1-3-9(13)4-2-7/h2-5,7H,6H2,1H3;1-4,6,13H,5H2. The Morgan fingerprint density at radius 2 is 1.18 bits per heavy atom. The minimum Gasteiger partial charge on any atom is -0.508 e. The number of hydrogen-bond acceptors (Lipinski definition) is 5. The van der Waals surface area contributed by atoms with Crippen LogP contribution in [0.25, 0.3) is 21.1 Å². The maximum absolute atomic E-state index is 9.12. The molecule has 0 saturated carbocycles. The molecule has 7 heteroatoms. The summed E-state index contributed by atoms with van der Waals surface area (Å²) in [5, 5.41) is 15.0. The molecule has 0 radical (unpaired) electrons. The zero-order chi connectivity index (χ0) is 19.9. The fourth-order valence-electron chi connectivity index (χ4n) is 2.30. The van der Waals surface area contributed by atoms with Gasteiger partial charge in [-0.2, -0.15) is 0 Å². The molecule has 0 aliphatic rings. The van der Waals surface area contributed by atoms with Gasteiger partial charge in [0.1, 0.15) is 15.8 Å². The lowest BCUT2D eigenvalue weighted by Gasteiger charge is -1.96. The smallest absolute Gasteiger partial charge is 0.123 e. The number of halogens is 2. The van der Waals surface area contributed by atoms with Crippen molar-refractivity contribution in [3.63, 3.8) is 0 Å². The summed E-state index contributed by atoms with van der Waals surface area (Å²) in [7, 11) is 0. The number of alkyl halides is 2. The Labute approximate surface area is 182 Å². The molecule has 4 rings (SSSR count). The van der Waals surface area contributed by atoms with Crippen LogP contribution in [-0.4, -0.2) is 15.1 Å². The first kappa shape index (κ1) is 20.8. The van der Waals surface area contributed by atoms with E-state index in [4.69, 9.17) is 28.3 Å². The van der Waals surface area contributed by atoms with Gasteiger partial charge in [-0.15, -0.1) is 45.9 Å². The zero-order valence-corrected chi connectivity index (χ0v) is 18.2. The number of aryl methyl sites for hydroxylation is 1. The topological polar surface area (TPSA) is 46.0 Å². The molecule has 2 aromatic carbocycles. The Morgan fingerprint density at radius 1 is 0.750 bits per heavy atom. The van der Waals surface area contributed by atoms with Gasteiger partial charge in [0.25, 0.3) is 0 Å². The van der Waals surface area contributed by atoms with Crippen LogP contribution in [0.3, 0.4) is 0 Å². The Kier molecular flexibility index (Phi) is 7.45. The van der Waals surface area contributed by atoms with Gasteiger partial charge in [-0.1, -0.05) is 29.8 Å². The normalized spacial score (nSPS) is 10.4. The number of hydrogen-bond donors (Lipinski definition) is 1. The molecule has 0 unspecified atom stereocenters. The summed E-state index contributed by atoms with van der Waals surface area (Å²) < 4.78 is 0. The average Bonchev–Trinajstić information content (AvgIpc) is 3.39. The van der Waals surface area contributed by atoms with Crippen molar-refractivity contribution >= 4 is 45.9 Å². The molecule has 0 amide bonds. The molecule has 144 valence electrons. The summed E-state index contributed by atoms with van der Waals surface area (Å²) in [4.78, 5) is 8.75. The number of phenols is 1. The quantitative estimate of drug-likeness (QED) is 0.338. The predicted octanol–water partition coefficient (Wildman–Crippen LogP) is 7.11. The second-order valence-corrected chi connectivity index (χ2v) is 8.22. The van der Waals surface area contributed by atoms with Gasteiger partial charge in [-0.25, -0.2) is 9.97 Å². The van der Waals surface area contributed by atoms with Crippen molar-refractivity contribution < 1.29 is 5.11 Å². The van der Waals surface area contributed by atoms with Gasteiger partial charge in [-0.05, 0) is 31.2 Å². The Hall–Kier alpha value is -1.92. The third kappa shape index (κ3) is 5.55. The summed E-state index contributed by atoms with van der Waals surface area (Å²) in [5.74, 6) is 1.19. The van der Waals surface area contributed by atoms with Gasteiger partial charge < -0.3 is 5.11 Å². The number of phenolic OH excluding ortho intramolecular Hbond substituents is 1. The van der Waals surface area contributed by atoms with E-state index in [9.17, 15) is 0 Å². The number of nitrogens with zero attached hydrogens (tertiary/aromatic N) is 2. The molecule has 0 spiro atoms. The van der Waals surface area contributed by atoms with Crippen LogP contribution in [0.1, 0.15) is 17.0 Å². The molecule has 1 N–H and O–H groups in total. The molecule has 0 aliphatic heterocycles. The maximum atomic E-state index is 9.12. The van der Waals surface area contributed by atoms with Gasteiger partial charge in [0, 0.05) is 21.9 Å². The lowest BCUT2D eigenvalue weighted by atomic mass is 10.2. The van der Waals surface area contributed by atoms with Gasteiger partial charge in [0.2, 0.25) is 0 Å². The average molecular weight is 449 g/mol. The first-order valence-corrected chi connectivity index (χ1v) is 11.3. The van der Waals surface area contributed by atoms with Crippen LogP contribution >= 0.6 is 45.9 Å². The summed E-state index contributed by atoms with van der Waals surface area (Å²) >= 11 is 14.5. The molecule has 0 aliphatic carbocycles. The van der Waals surface area contributed by atoms with Crippen molar-refractivity contribution in [1.82, 2.24) is 9.97 Å². The SMILES string of the molecule is Cc1ccc(-c2nc(CCl)cs2)cc1.Oc1ccc(-c2nc(CCl)cs2)cc1. The van der Waals surface area contributed by atoms with E-state index >= 15 is 0 Å². The third-order valence-corrected chi connectivity index (χ3v) is 6.22. The minimum absolute atomic E-state index is 0.267. The maximum Gasteiger partial charge on any atom is 0.123 e. The summed E-state index contributed by atoms with van der Waals surface area (Å²) in [6.45, 7) is 2.08. The van der Waals surface area contributed by atoms with Crippen LogP contribution in [0.2, 0.25) is 0 Å². The Bertz CT molecular complexity index is 928. The van der Waals surface area contributed by atoms with Crippen LogP contribution < -0.4 is 0 Å². The number of aromatic hydroxyl groups is 1. The molecule has 3 nitrogen and oxygen atoms in total. The van der Waals surface area contributed by atoms with Crippen LogP contribution in [0.4, 0.5) is 0 Å². The molecular weight excluding hydrogens is 431 g/mol. The van der Waals surface area contributed by atoms with E-state index in [1.165, 1.54) is 5.56 Å². The van der Waals surface area contributed by atoms with E-state index in [1.807, 2.05) is 22.9 Å². The highest BCUT2D eigenvalue weighted by Gasteiger charge is 2.04. The molecule has 2 heterocycles. The van der Waals surface area contributed by atoms with Crippen molar-refractivity contribution in [2.45, 2.75) is 18.7 Å². The van der Waals surface area contributed by atoms with Gasteiger partial charge in [-0.3, -0.25) is 0 Å². The van der Waals surface area contributed by atoms with Crippen LogP contribution in [-0.2, 0) is 11.8 Å². The molecule has 28 heavy (non-hydrogen) atoms. The summed E-state index contributed by atoms with van der Waals surface area (Å²) in [6.07, 6.45) is 0. The molecule has 0 atom stereocenters. The molecule has 4 aromatic rings. The molecule has 2 aromatic heterocycles. The number of thiazole rings is 2. The van der Waals surface area contributed by atoms with Gasteiger partial charge in [0.15, 0.2) is 0 Å². The first-order valence-electron chi connectivity index (χ1n) is 8.46. The Morgan fingerprint density at radius 3 is 1.57 bits per heavy atom. The van der Waals surface area contributed by atoms with E-state index in [1.54, 1.807) is 34.8 Å². The van der Waals surface area contributed by atoms with Crippen molar-refractivity contribution in [3.05, 3.63) is 76.2 Å². The Balaban J connectivity index is 0.000000161. The highest BCUT2D eigenvalue weighted by molar-refractivity contribution is 7.13. The van der Waals surface area contributed by atoms with Crippen molar-refractivity contribution in [2.24, 2.45) is 0 Å². The fourth-order valence-corrected chi connectivity index (χ4v) is 4.41. The van der Waals surface area contributed by atoms with E-state index in [2.05, 4.69) is 41.2 Å². The zero-order valence-electron chi connectivity index (χ0n) is 15.1. The van der Waals surface area contributed by atoms with E-state index in [-0.39, 0.29) is 5.75 Å². The van der Waals surface area contributed by atoms with E-state index < -0.39 is 0 Å². The highest BCUT2D eigenvalue weighted by Crippen LogP contribution is 2.26. The van der Waals surface area contributed by atoms with Crippen molar-refractivity contribution in [1.29, 1.82) is 0 Å². The second kappa shape index (κ2) is 10.0. The largest absolute Gasteiger partial charge is 0.508 e. The fraction of sp³-hybridized carbons (Fsp3) is 0.143. The van der Waals surface area contributed by atoms with Crippen LogP contribution in [0.5, 0.6) is 5.75 Å². The van der Waals surface area contributed by atoms with E-state index in [0.29, 0.717) is 11.8 Å². The third-order valence-electron chi connectivity index (χ3n) is 3.79. The predicted molar refractivity (Wildman–Crippen MR) is 121 cm³/mol. The lowest BCUT2D eigenvalue weighted by Crippen LogP contribution is -1.79. The summed E-state index contributed by atoms with van der Waals surface area (Å²) in [6, 6.07) is 15.3. The number of benzene rings is 2. The van der Waals surface area contributed by atoms with Crippen molar-refractivity contribution in [3.8, 4) is 26.9 Å². The first-order chi connectivity index (χ1) is 13.6. The number of rotatable bonds is 4.